The number of hydrogen-bond acceptors (Lipinski definition) is 7. The Bertz CT molecular complexity index is 1200. The van der Waals surface area contributed by atoms with Gasteiger partial charge in [-0.3, -0.25) is 4.98 Å². The molecule has 7 nitrogen and oxygen atoms in total. The number of halogens is 2. The second kappa shape index (κ2) is 10.7. The second-order valence-corrected chi connectivity index (χ2v) is 8.84. The number of likely N-dealkylation sites (N-methyl/N-ethyl adjacent to an activating group) is 1. The van der Waals surface area contributed by atoms with Gasteiger partial charge in [0.1, 0.15) is 11.3 Å². The van der Waals surface area contributed by atoms with Crippen LogP contribution < -0.4 is 15.0 Å². The molecule has 0 bridgehead atoms. The largest absolute Gasteiger partial charge is 0.492 e. The number of nitrogens with zero attached hydrogens (tertiary/aromatic N) is 3. The van der Waals surface area contributed by atoms with E-state index in [1.165, 1.54) is 6.20 Å². The highest BCUT2D eigenvalue weighted by atomic mass is 35.5. The number of nitrogens with one attached hydrogen (secondary N) is 1. The van der Waals surface area contributed by atoms with E-state index in [0.29, 0.717) is 33.6 Å². The molecule has 0 saturated carbocycles. The summed E-state index contributed by atoms with van der Waals surface area (Å²) in [5, 5.41) is 4.81. The first kappa shape index (κ1) is 24.4. The van der Waals surface area contributed by atoms with E-state index in [1.807, 2.05) is 19.1 Å². The van der Waals surface area contributed by atoms with Crippen molar-refractivity contribution in [3.05, 3.63) is 52.1 Å². The minimum absolute atomic E-state index is 0.251. The van der Waals surface area contributed by atoms with Gasteiger partial charge in [0, 0.05) is 37.8 Å². The molecule has 0 aliphatic carbocycles. The Morgan fingerprint density at radius 2 is 1.88 bits per heavy atom. The first-order chi connectivity index (χ1) is 16.4. The number of esters is 1. The third-order valence-corrected chi connectivity index (χ3v) is 6.62. The predicted molar refractivity (Wildman–Crippen MR) is 138 cm³/mol. The third kappa shape index (κ3) is 5.02. The maximum Gasteiger partial charge on any atom is 0.341 e. The monoisotopic (exact) mass is 502 g/mol. The number of ether oxygens (including phenoxy) is 2. The highest BCUT2D eigenvalue weighted by molar-refractivity contribution is 6.43. The van der Waals surface area contributed by atoms with E-state index < -0.39 is 5.97 Å². The summed E-state index contributed by atoms with van der Waals surface area (Å²) in [5.41, 5.74) is 3.14. The fourth-order valence-electron chi connectivity index (χ4n) is 4.01. The number of aromatic nitrogens is 1. The highest BCUT2D eigenvalue weighted by Gasteiger charge is 2.23. The summed E-state index contributed by atoms with van der Waals surface area (Å²) in [7, 11) is 2.12. The van der Waals surface area contributed by atoms with Crippen molar-refractivity contribution in [2.75, 3.05) is 56.7 Å². The van der Waals surface area contributed by atoms with Crippen molar-refractivity contribution in [2.24, 2.45) is 0 Å². The van der Waals surface area contributed by atoms with Crippen LogP contribution in [0, 0.1) is 0 Å². The zero-order valence-corrected chi connectivity index (χ0v) is 21.0. The fraction of sp³-hybridized carbons (Fsp3) is 0.360. The maximum atomic E-state index is 12.8. The number of hydrogen-bond donors (Lipinski definition) is 1. The van der Waals surface area contributed by atoms with Crippen LogP contribution >= 0.6 is 23.2 Å². The van der Waals surface area contributed by atoms with E-state index in [9.17, 15) is 4.79 Å². The molecule has 4 rings (SSSR count). The topological polar surface area (TPSA) is 66.9 Å². The van der Waals surface area contributed by atoms with Gasteiger partial charge in [-0.25, -0.2) is 4.79 Å². The van der Waals surface area contributed by atoms with Crippen molar-refractivity contribution in [3.63, 3.8) is 0 Å². The average molecular weight is 503 g/mol. The zero-order chi connectivity index (χ0) is 24.2. The van der Waals surface area contributed by atoms with Crippen LogP contribution in [0.1, 0.15) is 24.2 Å². The van der Waals surface area contributed by atoms with E-state index in [2.05, 4.69) is 27.1 Å². The van der Waals surface area contributed by atoms with Gasteiger partial charge < -0.3 is 24.6 Å². The molecular formula is C25H28Cl2N4O3. The zero-order valence-electron chi connectivity index (χ0n) is 19.5. The summed E-state index contributed by atoms with van der Waals surface area (Å²) in [6, 6.07) is 9.26. The van der Waals surface area contributed by atoms with Crippen LogP contribution in [-0.4, -0.2) is 62.3 Å². The molecule has 3 aromatic rings. The number of piperazine rings is 1. The van der Waals surface area contributed by atoms with E-state index >= 15 is 0 Å². The number of benzene rings is 2. The Hall–Kier alpha value is -2.74. The number of anilines is 3. The van der Waals surface area contributed by atoms with Crippen molar-refractivity contribution in [3.8, 4) is 5.75 Å². The van der Waals surface area contributed by atoms with Crippen LogP contribution in [-0.2, 0) is 4.74 Å². The molecule has 0 atom stereocenters. The lowest BCUT2D eigenvalue weighted by Gasteiger charge is -2.35. The Kier molecular flexibility index (Phi) is 7.66. The Balaban J connectivity index is 1.88. The van der Waals surface area contributed by atoms with E-state index in [1.54, 1.807) is 25.1 Å². The molecule has 1 aliphatic rings. The second-order valence-electron chi connectivity index (χ2n) is 8.05. The molecule has 2 heterocycles. The van der Waals surface area contributed by atoms with Crippen LogP contribution in [0.5, 0.6) is 5.75 Å². The Labute approximate surface area is 209 Å². The molecule has 1 aromatic heterocycles. The van der Waals surface area contributed by atoms with Crippen LogP contribution in [0.2, 0.25) is 10.0 Å². The SMILES string of the molecule is CCOC(=O)c1cnc2cc(N3CCN(C)CC3)c(OCC)cc2c1Nc1cccc(Cl)c1Cl. The summed E-state index contributed by atoms with van der Waals surface area (Å²) in [6.45, 7) is 8.22. The minimum atomic E-state index is -0.473. The summed E-state index contributed by atoms with van der Waals surface area (Å²) >= 11 is 12.7. The highest BCUT2D eigenvalue weighted by Crippen LogP contribution is 2.40. The summed E-state index contributed by atoms with van der Waals surface area (Å²) in [4.78, 5) is 22.0. The predicted octanol–water partition coefficient (Wildman–Crippen LogP) is 5.61. The lowest BCUT2D eigenvalue weighted by Crippen LogP contribution is -2.44. The molecule has 1 N–H and O–H groups in total. The first-order valence-electron chi connectivity index (χ1n) is 11.3. The van der Waals surface area contributed by atoms with Gasteiger partial charge >= 0.3 is 5.97 Å². The van der Waals surface area contributed by atoms with Gasteiger partial charge in [0.2, 0.25) is 0 Å². The van der Waals surface area contributed by atoms with Gasteiger partial charge in [0.25, 0.3) is 0 Å². The molecule has 1 aliphatic heterocycles. The van der Waals surface area contributed by atoms with E-state index in [-0.39, 0.29) is 6.61 Å². The van der Waals surface area contributed by atoms with Crippen molar-refractivity contribution < 1.29 is 14.3 Å². The van der Waals surface area contributed by atoms with E-state index in [0.717, 1.165) is 48.5 Å². The Morgan fingerprint density at radius 1 is 1.12 bits per heavy atom. The average Bonchev–Trinajstić information content (AvgIpc) is 2.83. The van der Waals surface area contributed by atoms with Crippen molar-refractivity contribution in [2.45, 2.75) is 13.8 Å². The third-order valence-electron chi connectivity index (χ3n) is 5.80. The van der Waals surface area contributed by atoms with Crippen molar-refractivity contribution in [1.29, 1.82) is 0 Å². The van der Waals surface area contributed by atoms with Crippen LogP contribution in [0.15, 0.2) is 36.5 Å². The van der Waals surface area contributed by atoms with Crippen LogP contribution in [0.25, 0.3) is 10.9 Å². The van der Waals surface area contributed by atoms with Gasteiger partial charge in [-0.15, -0.1) is 0 Å². The molecule has 0 spiro atoms. The molecule has 34 heavy (non-hydrogen) atoms. The summed E-state index contributed by atoms with van der Waals surface area (Å²) in [5.74, 6) is 0.265. The Morgan fingerprint density at radius 3 is 2.59 bits per heavy atom. The first-order valence-corrected chi connectivity index (χ1v) is 12.1. The van der Waals surface area contributed by atoms with Crippen molar-refractivity contribution >= 4 is 57.1 Å². The molecule has 180 valence electrons. The summed E-state index contributed by atoms with van der Waals surface area (Å²) < 4.78 is 11.3. The fourth-order valence-corrected chi connectivity index (χ4v) is 4.35. The van der Waals surface area contributed by atoms with Gasteiger partial charge in [-0.2, -0.15) is 0 Å². The molecule has 0 radical (unpaired) electrons. The van der Waals surface area contributed by atoms with Gasteiger partial charge in [0.05, 0.1) is 45.8 Å². The molecule has 0 amide bonds. The number of carbonyl (C=O) groups excluding carboxylic acids is 1. The number of carbonyl (C=O) groups is 1. The normalized spacial score (nSPS) is 14.3. The minimum Gasteiger partial charge on any atom is -0.492 e. The van der Waals surface area contributed by atoms with Crippen LogP contribution in [0.3, 0.4) is 0 Å². The van der Waals surface area contributed by atoms with Gasteiger partial charge in [-0.05, 0) is 45.2 Å². The van der Waals surface area contributed by atoms with Crippen molar-refractivity contribution in [1.82, 2.24) is 9.88 Å². The quantitative estimate of drug-likeness (QED) is 0.421. The molecule has 1 saturated heterocycles. The lowest BCUT2D eigenvalue weighted by molar-refractivity contribution is 0.0527. The lowest BCUT2D eigenvalue weighted by atomic mass is 10.1. The number of pyridine rings is 1. The van der Waals surface area contributed by atoms with Gasteiger partial charge in [-0.1, -0.05) is 29.3 Å². The number of fused-ring (bicyclic) bond motifs is 1. The smallest absolute Gasteiger partial charge is 0.341 e. The molecule has 1 fully saturated rings. The van der Waals surface area contributed by atoms with Gasteiger partial charge in [0.15, 0.2) is 0 Å². The standard InChI is InChI=1S/C25H28Cl2N4O3/c1-4-33-22-13-16-20(14-21(22)31-11-9-30(3)10-12-31)28-15-17(25(32)34-5-2)24(16)29-19-8-6-7-18(26)23(19)27/h6-8,13-15H,4-5,9-12H2,1-3H3,(H,28,29). The molecule has 2 aromatic carbocycles. The maximum absolute atomic E-state index is 12.8. The van der Waals surface area contributed by atoms with Crippen LogP contribution in [0.4, 0.5) is 17.1 Å². The summed E-state index contributed by atoms with van der Waals surface area (Å²) in [6.07, 6.45) is 1.54. The number of rotatable bonds is 7. The molecule has 9 heteroatoms. The van der Waals surface area contributed by atoms with E-state index in [4.69, 9.17) is 32.7 Å². The molecular weight excluding hydrogens is 475 g/mol. The molecule has 0 unspecified atom stereocenters.